The molecule has 0 bridgehead atoms. The molecule has 1 saturated carbocycles. The molecule has 1 aliphatic carbocycles. The monoisotopic (exact) mass is 382 g/mol. The molecule has 7 nitrogen and oxygen atoms in total. The molecular weight excluding hydrogens is 356 g/mol. The average Bonchev–Trinajstić information content (AvgIpc) is 3.51. The maximum Gasteiger partial charge on any atom is 0.240 e. The van der Waals surface area contributed by atoms with E-state index in [0.717, 1.165) is 25.7 Å². The van der Waals surface area contributed by atoms with Gasteiger partial charge < -0.3 is 14.4 Å². The normalized spacial score (nSPS) is 18.5. The zero-order valence-corrected chi connectivity index (χ0v) is 15.8. The highest BCUT2D eigenvalue weighted by atomic mass is 32.2. The molecule has 1 aromatic carbocycles. The van der Waals surface area contributed by atoms with Gasteiger partial charge in [-0.25, -0.2) is 13.1 Å². The fraction of sp³-hybridized carbons (Fsp3) is 0.611. The topological polar surface area (TPSA) is 84.9 Å². The molecule has 1 N–H and O–H groups in total. The minimum Gasteiger partial charge on any atom is -0.497 e. The van der Waals surface area contributed by atoms with Crippen LogP contribution in [-0.4, -0.2) is 58.7 Å². The van der Waals surface area contributed by atoms with Crippen molar-refractivity contribution in [3.63, 3.8) is 0 Å². The third-order valence-electron chi connectivity index (χ3n) is 4.86. The van der Waals surface area contributed by atoms with Crippen molar-refractivity contribution in [3.05, 3.63) is 24.3 Å². The van der Waals surface area contributed by atoms with Gasteiger partial charge in [-0.3, -0.25) is 4.79 Å². The number of nitrogens with zero attached hydrogens (tertiary/aromatic N) is 1. The molecule has 1 amide bonds. The van der Waals surface area contributed by atoms with Gasteiger partial charge in [-0.15, -0.1) is 0 Å². The Morgan fingerprint density at radius 2 is 1.85 bits per heavy atom. The number of benzene rings is 1. The highest BCUT2D eigenvalue weighted by molar-refractivity contribution is 7.89. The maximum atomic E-state index is 12.6. The summed E-state index contributed by atoms with van der Waals surface area (Å²) in [4.78, 5) is 14.6. The van der Waals surface area contributed by atoms with E-state index in [2.05, 4.69) is 4.72 Å². The first kappa shape index (κ1) is 19.1. The molecule has 2 aliphatic rings. The molecule has 1 heterocycles. The lowest BCUT2D eigenvalue weighted by atomic mass is 10.1. The Balaban J connectivity index is 1.59. The first-order valence-corrected chi connectivity index (χ1v) is 10.5. The van der Waals surface area contributed by atoms with E-state index in [1.807, 2.05) is 4.90 Å². The molecule has 0 unspecified atom stereocenters. The molecule has 26 heavy (non-hydrogen) atoms. The molecule has 1 aromatic rings. The van der Waals surface area contributed by atoms with Gasteiger partial charge in [0.05, 0.1) is 12.0 Å². The summed E-state index contributed by atoms with van der Waals surface area (Å²) in [6, 6.07) is 6.38. The SMILES string of the molecule is COc1ccc(S(=O)(=O)NCCN(C(=O)C2CC2)C2CCOCC2)cc1. The van der Waals surface area contributed by atoms with Crippen LogP contribution in [0.15, 0.2) is 29.2 Å². The summed E-state index contributed by atoms with van der Waals surface area (Å²) >= 11 is 0. The lowest BCUT2D eigenvalue weighted by Gasteiger charge is -2.34. The van der Waals surface area contributed by atoms with Gasteiger partial charge in [0, 0.05) is 38.3 Å². The molecule has 0 spiro atoms. The van der Waals surface area contributed by atoms with Gasteiger partial charge in [-0.05, 0) is 49.9 Å². The second-order valence-corrected chi connectivity index (χ2v) is 8.49. The van der Waals surface area contributed by atoms with E-state index < -0.39 is 10.0 Å². The Morgan fingerprint density at radius 3 is 2.42 bits per heavy atom. The highest BCUT2D eigenvalue weighted by Crippen LogP contribution is 2.32. The Hall–Kier alpha value is -1.64. The zero-order chi connectivity index (χ0) is 18.6. The van der Waals surface area contributed by atoms with Crippen molar-refractivity contribution in [3.8, 4) is 5.75 Å². The number of amides is 1. The maximum absolute atomic E-state index is 12.6. The fourth-order valence-electron chi connectivity index (χ4n) is 3.17. The second-order valence-electron chi connectivity index (χ2n) is 6.72. The largest absolute Gasteiger partial charge is 0.497 e. The van der Waals surface area contributed by atoms with E-state index in [-0.39, 0.29) is 29.3 Å². The third-order valence-corrected chi connectivity index (χ3v) is 6.33. The summed E-state index contributed by atoms with van der Waals surface area (Å²) in [5.74, 6) is 0.876. The molecular formula is C18H26N2O5S. The second kappa shape index (κ2) is 8.37. The third kappa shape index (κ3) is 4.75. The molecule has 1 aliphatic heterocycles. The van der Waals surface area contributed by atoms with Crippen LogP contribution in [0.4, 0.5) is 0 Å². The van der Waals surface area contributed by atoms with Crippen molar-refractivity contribution < 1.29 is 22.7 Å². The van der Waals surface area contributed by atoms with E-state index >= 15 is 0 Å². The number of sulfonamides is 1. The Labute approximate surface area is 154 Å². The van der Waals surface area contributed by atoms with E-state index in [4.69, 9.17) is 9.47 Å². The van der Waals surface area contributed by atoms with E-state index in [0.29, 0.717) is 25.5 Å². The van der Waals surface area contributed by atoms with Gasteiger partial charge in [-0.2, -0.15) is 0 Å². The zero-order valence-electron chi connectivity index (χ0n) is 15.0. The van der Waals surface area contributed by atoms with Gasteiger partial charge in [0.25, 0.3) is 0 Å². The van der Waals surface area contributed by atoms with Crippen molar-refractivity contribution in [2.24, 2.45) is 5.92 Å². The molecule has 0 atom stereocenters. The molecule has 0 aromatic heterocycles. The van der Waals surface area contributed by atoms with Crippen molar-refractivity contribution in [1.82, 2.24) is 9.62 Å². The molecule has 144 valence electrons. The first-order valence-electron chi connectivity index (χ1n) is 9.03. The van der Waals surface area contributed by atoms with Crippen LogP contribution >= 0.6 is 0 Å². The standard InChI is InChI=1S/C18H26N2O5S/c1-24-16-4-6-17(7-5-16)26(22,23)19-10-11-20(18(21)14-2-3-14)15-8-12-25-13-9-15/h4-7,14-15,19H,2-3,8-13H2,1H3. The Morgan fingerprint density at radius 1 is 1.19 bits per heavy atom. The average molecular weight is 382 g/mol. The van der Waals surface area contributed by atoms with Gasteiger partial charge in [0.15, 0.2) is 0 Å². The number of rotatable bonds is 8. The van der Waals surface area contributed by atoms with Gasteiger partial charge >= 0.3 is 0 Å². The number of nitrogens with one attached hydrogen (secondary N) is 1. The molecule has 3 rings (SSSR count). The predicted octanol–water partition coefficient (Wildman–Crippen LogP) is 1.39. The van der Waals surface area contributed by atoms with E-state index in [9.17, 15) is 13.2 Å². The summed E-state index contributed by atoms with van der Waals surface area (Å²) in [7, 11) is -2.08. The highest BCUT2D eigenvalue weighted by Gasteiger charge is 2.36. The molecule has 0 radical (unpaired) electrons. The van der Waals surface area contributed by atoms with E-state index in [1.54, 1.807) is 12.1 Å². The molecule has 2 fully saturated rings. The van der Waals surface area contributed by atoms with Crippen LogP contribution in [-0.2, 0) is 19.6 Å². The van der Waals surface area contributed by atoms with Crippen molar-refractivity contribution in [2.75, 3.05) is 33.4 Å². The quantitative estimate of drug-likeness (QED) is 0.734. The van der Waals surface area contributed by atoms with Crippen molar-refractivity contribution >= 4 is 15.9 Å². The Bertz CT molecular complexity index is 710. The minimum absolute atomic E-state index is 0.121. The van der Waals surface area contributed by atoms with Gasteiger partial charge in [0.1, 0.15) is 5.75 Å². The summed E-state index contributed by atoms with van der Waals surface area (Å²) in [5, 5.41) is 0. The predicted molar refractivity (Wildman–Crippen MR) is 96.5 cm³/mol. The number of carbonyl (C=O) groups excluding carboxylic acids is 1. The Kier molecular flexibility index (Phi) is 6.16. The fourth-order valence-corrected chi connectivity index (χ4v) is 4.19. The lowest BCUT2D eigenvalue weighted by molar-refractivity contribution is -0.136. The number of ether oxygens (including phenoxy) is 2. The van der Waals surface area contributed by atoms with E-state index in [1.165, 1.54) is 19.2 Å². The van der Waals surface area contributed by atoms with Crippen LogP contribution in [0, 0.1) is 5.92 Å². The van der Waals surface area contributed by atoms with Gasteiger partial charge in [0.2, 0.25) is 15.9 Å². The number of hydrogen-bond donors (Lipinski definition) is 1. The molecule has 1 saturated heterocycles. The smallest absolute Gasteiger partial charge is 0.240 e. The van der Waals surface area contributed by atoms with Crippen molar-refractivity contribution in [2.45, 2.75) is 36.6 Å². The van der Waals surface area contributed by atoms with Crippen molar-refractivity contribution in [1.29, 1.82) is 0 Å². The minimum atomic E-state index is -3.61. The van der Waals surface area contributed by atoms with Crippen LogP contribution in [0.1, 0.15) is 25.7 Å². The number of carbonyl (C=O) groups is 1. The molecule has 8 heteroatoms. The summed E-state index contributed by atoms with van der Waals surface area (Å²) in [5.41, 5.74) is 0. The van der Waals surface area contributed by atoms with Gasteiger partial charge in [-0.1, -0.05) is 0 Å². The van der Waals surface area contributed by atoms with Crippen LogP contribution < -0.4 is 9.46 Å². The number of methoxy groups -OCH3 is 1. The summed E-state index contributed by atoms with van der Waals surface area (Å²) < 4.78 is 37.9. The summed E-state index contributed by atoms with van der Waals surface area (Å²) in [6.45, 7) is 1.88. The van der Waals surface area contributed by atoms with Crippen LogP contribution in [0.5, 0.6) is 5.75 Å². The van der Waals surface area contributed by atoms with Crippen LogP contribution in [0.3, 0.4) is 0 Å². The lowest BCUT2D eigenvalue weighted by Crippen LogP contribution is -2.47. The number of hydrogen-bond acceptors (Lipinski definition) is 5. The first-order chi connectivity index (χ1) is 12.5. The summed E-state index contributed by atoms with van der Waals surface area (Å²) in [6.07, 6.45) is 3.50. The van der Waals surface area contributed by atoms with Crippen LogP contribution in [0.25, 0.3) is 0 Å². The van der Waals surface area contributed by atoms with Crippen LogP contribution in [0.2, 0.25) is 0 Å².